The molecule has 2 N–H and O–H groups in total. The zero-order chi connectivity index (χ0) is 15.1. The van der Waals surface area contributed by atoms with E-state index in [9.17, 15) is 4.79 Å². The lowest BCUT2D eigenvalue weighted by atomic mass is 10.1. The third-order valence-corrected chi connectivity index (χ3v) is 3.05. The lowest BCUT2D eigenvalue weighted by Gasteiger charge is -2.10. The van der Waals surface area contributed by atoms with Crippen LogP contribution in [0.2, 0.25) is 0 Å². The molecule has 1 aromatic heterocycles. The third kappa shape index (κ3) is 4.21. The van der Waals surface area contributed by atoms with Crippen molar-refractivity contribution in [1.29, 1.82) is 0 Å². The van der Waals surface area contributed by atoms with Crippen molar-refractivity contribution in [2.24, 2.45) is 0 Å². The zero-order valence-electron chi connectivity index (χ0n) is 11.9. The molecule has 5 nitrogen and oxygen atoms in total. The number of carbonyl (C=O) groups is 1. The first-order valence-electron chi connectivity index (χ1n) is 6.70. The highest BCUT2D eigenvalue weighted by Gasteiger charge is 2.08. The second-order valence-corrected chi connectivity index (χ2v) is 4.55. The van der Waals surface area contributed by atoms with E-state index in [1.165, 1.54) is 12.7 Å². The van der Waals surface area contributed by atoms with Gasteiger partial charge in [-0.3, -0.25) is 4.98 Å². The van der Waals surface area contributed by atoms with Gasteiger partial charge in [-0.05, 0) is 48.7 Å². The van der Waals surface area contributed by atoms with Crippen LogP contribution in [0.15, 0.2) is 42.7 Å². The lowest BCUT2D eigenvalue weighted by molar-refractivity contribution is 0.0601. The summed E-state index contributed by atoms with van der Waals surface area (Å²) in [4.78, 5) is 15.3. The number of aromatic nitrogens is 1. The minimum atomic E-state index is -0.411. The molecule has 0 fully saturated rings. The Kier molecular flexibility index (Phi) is 5.15. The highest BCUT2D eigenvalue weighted by molar-refractivity contribution is 5.90. The van der Waals surface area contributed by atoms with Crippen molar-refractivity contribution in [1.82, 2.24) is 4.98 Å². The Hall–Kier alpha value is -2.56. The molecule has 5 heteroatoms. The molecular formula is C16H18N2O3. The summed E-state index contributed by atoms with van der Waals surface area (Å²) in [6.45, 7) is 0.560. The van der Waals surface area contributed by atoms with E-state index in [-0.39, 0.29) is 0 Å². The van der Waals surface area contributed by atoms with Crippen LogP contribution in [0, 0.1) is 0 Å². The molecular weight excluding hydrogens is 268 g/mol. The Balaban J connectivity index is 1.85. The van der Waals surface area contributed by atoms with E-state index in [4.69, 9.17) is 10.5 Å². The summed E-state index contributed by atoms with van der Waals surface area (Å²) in [5.74, 6) is 0.170. The Bertz CT molecular complexity index is 600. The number of anilines is 1. The first kappa shape index (κ1) is 14.8. The van der Waals surface area contributed by atoms with Gasteiger partial charge in [0, 0.05) is 12.4 Å². The number of rotatable bonds is 6. The number of benzene rings is 1. The molecule has 0 aliphatic heterocycles. The highest BCUT2D eigenvalue weighted by Crippen LogP contribution is 2.23. The van der Waals surface area contributed by atoms with E-state index >= 15 is 0 Å². The molecule has 2 rings (SSSR count). The second kappa shape index (κ2) is 7.28. The van der Waals surface area contributed by atoms with Crippen LogP contribution in [-0.2, 0) is 11.2 Å². The fourth-order valence-corrected chi connectivity index (χ4v) is 1.93. The zero-order valence-corrected chi connectivity index (χ0v) is 11.9. The number of carbonyl (C=O) groups excluding carboxylic acids is 1. The van der Waals surface area contributed by atoms with Gasteiger partial charge in [0.15, 0.2) is 0 Å². The van der Waals surface area contributed by atoms with Gasteiger partial charge >= 0.3 is 5.97 Å². The number of hydrogen-bond donors (Lipinski definition) is 1. The van der Waals surface area contributed by atoms with Crippen molar-refractivity contribution in [3.8, 4) is 5.75 Å². The van der Waals surface area contributed by atoms with Crippen LogP contribution in [0.4, 0.5) is 5.69 Å². The largest absolute Gasteiger partial charge is 0.491 e. The summed E-state index contributed by atoms with van der Waals surface area (Å²) in [6, 6.07) is 8.86. The van der Waals surface area contributed by atoms with Crippen molar-refractivity contribution < 1.29 is 14.3 Å². The Morgan fingerprint density at radius 1 is 1.24 bits per heavy atom. The normalized spacial score (nSPS) is 10.1. The summed E-state index contributed by atoms with van der Waals surface area (Å²) < 4.78 is 10.3. The van der Waals surface area contributed by atoms with Crippen LogP contribution in [0.5, 0.6) is 5.75 Å². The SMILES string of the molecule is COC(=O)c1ccc(OCCCc2ccncc2)c(N)c1. The Morgan fingerprint density at radius 2 is 2.00 bits per heavy atom. The number of pyridine rings is 1. The summed E-state index contributed by atoms with van der Waals surface area (Å²) in [5, 5.41) is 0. The standard InChI is InChI=1S/C16H18N2O3/c1-20-16(19)13-4-5-15(14(17)11-13)21-10-2-3-12-6-8-18-9-7-12/h4-9,11H,2-3,10,17H2,1H3. The number of esters is 1. The smallest absolute Gasteiger partial charge is 0.337 e. The number of nitrogens with zero attached hydrogens (tertiary/aromatic N) is 1. The van der Waals surface area contributed by atoms with Gasteiger partial charge in [-0.2, -0.15) is 0 Å². The number of ether oxygens (including phenoxy) is 2. The molecule has 1 heterocycles. The van der Waals surface area contributed by atoms with Gasteiger partial charge in [0.25, 0.3) is 0 Å². The molecule has 0 aliphatic rings. The second-order valence-electron chi connectivity index (χ2n) is 4.55. The third-order valence-electron chi connectivity index (χ3n) is 3.05. The predicted octanol–water partition coefficient (Wildman–Crippen LogP) is 2.46. The van der Waals surface area contributed by atoms with Crippen molar-refractivity contribution in [3.63, 3.8) is 0 Å². The van der Waals surface area contributed by atoms with Gasteiger partial charge in [-0.25, -0.2) is 4.79 Å². The van der Waals surface area contributed by atoms with Gasteiger partial charge in [0.2, 0.25) is 0 Å². The summed E-state index contributed by atoms with van der Waals surface area (Å²) in [7, 11) is 1.34. The molecule has 0 bridgehead atoms. The number of nitrogen functional groups attached to an aromatic ring is 1. The van der Waals surface area contributed by atoms with Crippen molar-refractivity contribution in [3.05, 3.63) is 53.9 Å². The molecule has 0 atom stereocenters. The van der Waals surface area contributed by atoms with Gasteiger partial charge in [0.1, 0.15) is 5.75 Å². The van der Waals surface area contributed by atoms with E-state index in [2.05, 4.69) is 9.72 Å². The van der Waals surface area contributed by atoms with Crippen LogP contribution >= 0.6 is 0 Å². The minimum Gasteiger partial charge on any atom is -0.491 e. The molecule has 2 aromatic rings. The van der Waals surface area contributed by atoms with Gasteiger partial charge in [-0.15, -0.1) is 0 Å². The van der Waals surface area contributed by atoms with Crippen LogP contribution < -0.4 is 10.5 Å². The minimum absolute atomic E-state index is 0.411. The monoisotopic (exact) mass is 286 g/mol. The van der Waals surface area contributed by atoms with Gasteiger partial charge in [0.05, 0.1) is 25.0 Å². The first-order chi connectivity index (χ1) is 10.2. The van der Waals surface area contributed by atoms with E-state index < -0.39 is 5.97 Å². The van der Waals surface area contributed by atoms with Crippen LogP contribution in [0.1, 0.15) is 22.3 Å². The van der Waals surface area contributed by atoms with Crippen molar-refractivity contribution >= 4 is 11.7 Å². The average molecular weight is 286 g/mol. The van der Waals surface area contributed by atoms with E-state index in [1.54, 1.807) is 30.6 Å². The summed E-state index contributed by atoms with van der Waals surface area (Å²) >= 11 is 0. The average Bonchev–Trinajstić information content (AvgIpc) is 2.53. The van der Waals surface area contributed by atoms with Crippen LogP contribution in [0.25, 0.3) is 0 Å². The topological polar surface area (TPSA) is 74.4 Å². The van der Waals surface area contributed by atoms with Crippen molar-refractivity contribution in [2.45, 2.75) is 12.8 Å². The Labute approximate surface area is 123 Å². The quantitative estimate of drug-likeness (QED) is 0.501. The van der Waals surface area contributed by atoms with Gasteiger partial charge in [-0.1, -0.05) is 0 Å². The molecule has 0 saturated heterocycles. The van der Waals surface area contributed by atoms with Crippen LogP contribution in [-0.4, -0.2) is 24.7 Å². The Morgan fingerprint density at radius 3 is 2.67 bits per heavy atom. The van der Waals surface area contributed by atoms with E-state index in [0.717, 1.165) is 12.8 Å². The van der Waals surface area contributed by atoms with Gasteiger partial charge < -0.3 is 15.2 Å². The molecule has 1 aromatic carbocycles. The molecule has 110 valence electrons. The van der Waals surface area contributed by atoms with Crippen LogP contribution in [0.3, 0.4) is 0 Å². The molecule has 0 saturated carbocycles. The predicted molar refractivity (Wildman–Crippen MR) is 80.2 cm³/mol. The number of methoxy groups -OCH3 is 1. The van der Waals surface area contributed by atoms with Crippen molar-refractivity contribution in [2.75, 3.05) is 19.5 Å². The molecule has 0 aliphatic carbocycles. The maximum Gasteiger partial charge on any atom is 0.337 e. The lowest BCUT2D eigenvalue weighted by Crippen LogP contribution is -2.05. The maximum atomic E-state index is 11.4. The number of hydrogen-bond acceptors (Lipinski definition) is 5. The fraction of sp³-hybridized carbons (Fsp3) is 0.250. The number of aryl methyl sites for hydroxylation is 1. The van der Waals surface area contributed by atoms with E-state index in [1.807, 2.05) is 12.1 Å². The summed E-state index contributed by atoms with van der Waals surface area (Å²) in [6.07, 6.45) is 5.35. The molecule has 21 heavy (non-hydrogen) atoms. The molecule has 0 amide bonds. The molecule has 0 radical (unpaired) electrons. The maximum absolute atomic E-state index is 11.4. The number of nitrogens with two attached hydrogens (primary N) is 1. The summed E-state index contributed by atoms with van der Waals surface area (Å²) in [5.41, 5.74) is 7.94. The highest BCUT2D eigenvalue weighted by atomic mass is 16.5. The first-order valence-corrected chi connectivity index (χ1v) is 6.70. The fourth-order valence-electron chi connectivity index (χ4n) is 1.93. The van der Waals surface area contributed by atoms with E-state index in [0.29, 0.717) is 23.6 Å². The molecule has 0 unspecified atom stereocenters. The molecule has 0 spiro atoms.